The van der Waals surface area contributed by atoms with Crippen molar-refractivity contribution in [2.75, 3.05) is 0 Å². The molecule has 0 atom stereocenters. The van der Waals surface area contributed by atoms with Crippen LogP contribution >= 0.6 is 11.6 Å². The van der Waals surface area contributed by atoms with E-state index in [2.05, 4.69) is 20.1 Å². The number of hydrogen-bond donors (Lipinski definition) is 0. The van der Waals surface area contributed by atoms with Crippen molar-refractivity contribution in [3.05, 3.63) is 41.4 Å². The Bertz CT molecular complexity index is 1070. The average Bonchev–Trinajstić information content (AvgIpc) is 3.13. The van der Waals surface area contributed by atoms with E-state index in [1.54, 1.807) is 16.8 Å². The van der Waals surface area contributed by atoms with E-state index >= 15 is 0 Å². The summed E-state index contributed by atoms with van der Waals surface area (Å²) in [5.74, 6) is 1.02. The second-order valence-corrected chi connectivity index (χ2v) is 5.94. The number of rotatable bonds is 2. The molecule has 0 N–H and O–H groups in total. The number of aromatic nitrogens is 5. The number of halogens is 2. The van der Waals surface area contributed by atoms with Crippen molar-refractivity contribution < 1.29 is 8.91 Å². The first-order valence-corrected chi connectivity index (χ1v) is 7.54. The highest BCUT2D eigenvalue weighted by Crippen LogP contribution is 2.39. The van der Waals surface area contributed by atoms with Crippen LogP contribution in [-0.2, 0) is 0 Å². The maximum absolute atomic E-state index is 13.4. The van der Waals surface area contributed by atoms with E-state index in [0.29, 0.717) is 39.9 Å². The Morgan fingerprint density at radius 2 is 2.13 bits per heavy atom. The minimum atomic E-state index is -0.367. The fraction of sp³-hybridized carbons (Fsp3) is 0.200. The highest BCUT2D eigenvalue weighted by Gasteiger charge is 2.30. The van der Waals surface area contributed by atoms with Crippen LogP contribution in [0.2, 0.25) is 5.15 Å². The van der Waals surface area contributed by atoms with Crippen molar-refractivity contribution >= 4 is 28.2 Å². The quantitative estimate of drug-likeness (QED) is 0.525. The third-order valence-corrected chi connectivity index (χ3v) is 4.25. The van der Waals surface area contributed by atoms with Gasteiger partial charge in [-0.25, -0.2) is 14.4 Å². The largest absolute Gasteiger partial charge is 0.339 e. The van der Waals surface area contributed by atoms with Gasteiger partial charge in [0, 0.05) is 11.3 Å². The lowest BCUT2D eigenvalue weighted by molar-refractivity contribution is 0.380. The molecule has 0 radical (unpaired) electrons. The maximum atomic E-state index is 13.4. The zero-order chi connectivity index (χ0) is 15.6. The predicted molar refractivity (Wildman–Crippen MR) is 80.7 cm³/mol. The summed E-state index contributed by atoms with van der Waals surface area (Å²) in [5.41, 5.74) is 1.72. The van der Waals surface area contributed by atoms with Gasteiger partial charge in [0.05, 0.1) is 5.52 Å². The molecule has 0 bridgehead atoms. The van der Waals surface area contributed by atoms with E-state index in [1.807, 2.05) is 0 Å². The Morgan fingerprint density at radius 3 is 2.96 bits per heavy atom. The Balaban J connectivity index is 1.76. The van der Waals surface area contributed by atoms with Gasteiger partial charge in [-0.05, 0) is 31.0 Å². The molecule has 3 heterocycles. The van der Waals surface area contributed by atoms with Crippen molar-refractivity contribution in [1.29, 1.82) is 0 Å². The summed E-state index contributed by atoms with van der Waals surface area (Å²) in [6, 6.07) is 4.36. The molecule has 0 saturated heterocycles. The molecule has 3 aromatic heterocycles. The van der Waals surface area contributed by atoms with Gasteiger partial charge < -0.3 is 4.52 Å². The molecule has 0 amide bonds. The van der Waals surface area contributed by atoms with E-state index in [9.17, 15) is 4.39 Å². The highest BCUT2D eigenvalue weighted by molar-refractivity contribution is 6.34. The molecule has 8 heteroatoms. The number of nitrogens with zero attached hydrogens (tertiary/aromatic N) is 5. The standard InChI is InChI=1S/C15H9ClFN5O/c16-12-9-5-8(17)3-4-10(9)22-6-18-11(14(22)19-12)13-20-15(23-21-13)7-1-2-7/h3-7H,1-2H2. The summed E-state index contributed by atoms with van der Waals surface area (Å²) in [6.07, 6.45) is 3.75. The molecule has 4 aromatic rings. The van der Waals surface area contributed by atoms with E-state index in [1.165, 1.54) is 12.1 Å². The Labute approximate surface area is 133 Å². The fourth-order valence-electron chi connectivity index (χ4n) is 2.65. The third kappa shape index (κ3) is 1.93. The van der Waals surface area contributed by atoms with E-state index in [0.717, 1.165) is 12.8 Å². The van der Waals surface area contributed by atoms with Gasteiger partial charge in [0.25, 0.3) is 0 Å². The number of benzene rings is 1. The first-order valence-electron chi connectivity index (χ1n) is 7.16. The van der Waals surface area contributed by atoms with Crippen LogP contribution in [0.25, 0.3) is 28.1 Å². The molecular weight excluding hydrogens is 321 g/mol. The molecular formula is C15H9ClFN5O. The lowest BCUT2D eigenvalue weighted by atomic mass is 10.2. The number of hydrogen-bond acceptors (Lipinski definition) is 5. The predicted octanol–water partition coefficient (Wildman–Crippen LogP) is 3.60. The van der Waals surface area contributed by atoms with Gasteiger partial charge in [-0.15, -0.1) is 0 Å². The third-order valence-electron chi connectivity index (χ3n) is 3.97. The van der Waals surface area contributed by atoms with Crippen molar-refractivity contribution in [3.8, 4) is 11.5 Å². The van der Waals surface area contributed by atoms with Crippen LogP contribution in [-0.4, -0.2) is 24.5 Å². The Hall–Kier alpha value is -2.54. The first-order chi connectivity index (χ1) is 11.2. The lowest BCUT2D eigenvalue weighted by Gasteiger charge is -2.04. The molecule has 1 aromatic carbocycles. The van der Waals surface area contributed by atoms with Crippen molar-refractivity contribution in [2.45, 2.75) is 18.8 Å². The van der Waals surface area contributed by atoms with Crippen LogP contribution in [0.1, 0.15) is 24.7 Å². The minimum Gasteiger partial charge on any atom is -0.339 e. The van der Waals surface area contributed by atoms with Crippen LogP contribution in [0.4, 0.5) is 4.39 Å². The van der Waals surface area contributed by atoms with Gasteiger partial charge in [0.15, 0.2) is 11.3 Å². The van der Waals surface area contributed by atoms with Crippen LogP contribution < -0.4 is 0 Å². The summed E-state index contributed by atoms with van der Waals surface area (Å²) in [7, 11) is 0. The van der Waals surface area contributed by atoms with Gasteiger partial charge in [-0.1, -0.05) is 16.8 Å². The van der Waals surface area contributed by atoms with Gasteiger partial charge in [0.1, 0.15) is 17.3 Å². The molecule has 1 aliphatic rings. The van der Waals surface area contributed by atoms with Gasteiger partial charge >= 0.3 is 0 Å². The molecule has 0 aliphatic heterocycles. The average molecular weight is 330 g/mol. The molecule has 23 heavy (non-hydrogen) atoms. The number of imidazole rings is 1. The summed E-state index contributed by atoms with van der Waals surface area (Å²) in [6.45, 7) is 0. The molecule has 1 fully saturated rings. The zero-order valence-electron chi connectivity index (χ0n) is 11.7. The highest BCUT2D eigenvalue weighted by atomic mass is 35.5. The normalized spacial score (nSPS) is 14.9. The second kappa shape index (κ2) is 4.48. The molecule has 1 saturated carbocycles. The summed E-state index contributed by atoms with van der Waals surface area (Å²) in [5, 5.41) is 4.72. The first kappa shape index (κ1) is 13.0. The van der Waals surface area contributed by atoms with E-state index in [-0.39, 0.29) is 11.0 Å². The van der Waals surface area contributed by atoms with Crippen LogP contribution in [0.5, 0.6) is 0 Å². The monoisotopic (exact) mass is 329 g/mol. The van der Waals surface area contributed by atoms with Crippen LogP contribution in [0.3, 0.4) is 0 Å². The van der Waals surface area contributed by atoms with Crippen LogP contribution in [0, 0.1) is 5.82 Å². The fourth-order valence-corrected chi connectivity index (χ4v) is 2.88. The van der Waals surface area contributed by atoms with Crippen molar-refractivity contribution in [3.63, 3.8) is 0 Å². The molecule has 5 rings (SSSR count). The molecule has 0 unspecified atom stereocenters. The topological polar surface area (TPSA) is 69.1 Å². The van der Waals surface area contributed by atoms with Crippen molar-refractivity contribution in [1.82, 2.24) is 24.5 Å². The lowest BCUT2D eigenvalue weighted by Crippen LogP contribution is -1.93. The minimum absolute atomic E-state index is 0.208. The summed E-state index contributed by atoms with van der Waals surface area (Å²) in [4.78, 5) is 13.1. The Morgan fingerprint density at radius 1 is 1.26 bits per heavy atom. The number of fused-ring (bicyclic) bond motifs is 3. The summed E-state index contributed by atoms with van der Waals surface area (Å²) >= 11 is 6.21. The molecule has 0 spiro atoms. The second-order valence-electron chi connectivity index (χ2n) is 5.58. The smallest absolute Gasteiger partial charge is 0.230 e. The molecule has 6 nitrogen and oxygen atoms in total. The SMILES string of the molecule is Fc1ccc2c(c1)c(Cl)nc1c(-c3noc(C4CC4)n3)ncn12. The van der Waals surface area contributed by atoms with E-state index < -0.39 is 0 Å². The van der Waals surface area contributed by atoms with Crippen LogP contribution in [0.15, 0.2) is 29.0 Å². The van der Waals surface area contributed by atoms with Gasteiger partial charge in [-0.2, -0.15) is 4.98 Å². The zero-order valence-corrected chi connectivity index (χ0v) is 12.5. The van der Waals surface area contributed by atoms with E-state index in [4.69, 9.17) is 16.1 Å². The Kier molecular flexibility index (Phi) is 2.52. The summed E-state index contributed by atoms with van der Waals surface area (Å²) < 4.78 is 20.4. The molecule has 1 aliphatic carbocycles. The maximum Gasteiger partial charge on any atom is 0.230 e. The molecule has 114 valence electrons. The van der Waals surface area contributed by atoms with Crippen molar-refractivity contribution in [2.24, 2.45) is 0 Å². The van der Waals surface area contributed by atoms with Gasteiger partial charge in [0.2, 0.25) is 11.7 Å². The van der Waals surface area contributed by atoms with Gasteiger partial charge in [-0.3, -0.25) is 4.40 Å².